The summed E-state index contributed by atoms with van der Waals surface area (Å²) >= 11 is 0. The Bertz CT molecular complexity index is 350. The first-order valence-electron chi connectivity index (χ1n) is 6.42. The van der Waals surface area contributed by atoms with E-state index in [0.29, 0.717) is 0 Å². The lowest BCUT2D eigenvalue weighted by Gasteiger charge is -2.33. The van der Waals surface area contributed by atoms with Gasteiger partial charge in [-0.3, -0.25) is 0 Å². The molecule has 88 valence electrons. The molecule has 0 aromatic heterocycles. The molecule has 1 saturated carbocycles. The van der Waals surface area contributed by atoms with E-state index in [0.717, 1.165) is 12.0 Å². The lowest BCUT2D eigenvalue weighted by atomic mass is 9.75. The molecular weight excluding hydrogens is 196 g/mol. The molecule has 1 aliphatic carbocycles. The van der Waals surface area contributed by atoms with E-state index in [4.69, 9.17) is 0 Å². The van der Waals surface area contributed by atoms with Crippen LogP contribution in [0, 0.1) is 12.3 Å². The van der Waals surface area contributed by atoms with Crippen molar-refractivity contribution in [3.8, 4) is 0 Å². The van der Waals surface area contributed by atoms with Crippen LogP contribution in [-0.4, -0.2) is 5.11 Å². The Kier molecular flexibility index (Phi) is 3.34. The van der Waals surface area contributed by atoms with Crippen LogP contribution in [-0.2, 0) is 0 Å². The number of hydrogen-bond donors (Lipinski definition) is 1. The zero-order valence-corrected chi connectivity index (χ0v) is 10.4. The van der Waals surface area contributed by atoms with Gasteiger partial charge in [-0.2, -0.15) is 0 Å². The maximum atomic E-state index is 10.6. The van der Waals surface area contributed by atoms with Gasteiger partial charge in [0.25, 0.3) is 0 Å². The van der Waals surface area contributed by atoms with E-state index >= 15 is 0 Å². The van der Waals surface area contributed by atoms with Crippen molar-refractivity contribution in [1.29, 1.82) is 0 Å². The summed E-state index contributed by atoms with van der Waals surface area (Å²) in [6.07, 6.45) is 5.71. The molecule has 1 N–H and O–H groups in total. The van der Waals surface area contributed by atoms with E-state index in [1.807, 2.05) is 6.07 Å². The van der Waals surface area contributed by atoms with Gasteiger partial charge in [0.1, 0.15) is 0 Å². The quantitative estimate of drug-likeness (QED) is 0.813. The largest absolute Gasteiger partial charge is 0.388 e. The first kappa shape index (κ1) is 11.7. The highest BCUT2D eigenvalue weighted by atomic mass is 16.3. The molecule has 1 heteroatoms. The molecule has 0 spiro atoms. The minimum Gasteiger partial charge on any atom is -0.388 e. The molecule has 0 amide bonds. The summed E-state index contributed by atoms with van der Waals surface area (Å²) in [6, 6.07) is 8.32. The van der Waals surface area contributed by atoms with Crippen molar-refractivity contribution < 1.29 is 5.11 Å². The zero-order chi connectivity index (χ0) is 11.6. The molecule has 1 aliphatic rings. The summed E-state index contributed by atoms with van der Waals surface area (Å²) in [7, 11) is 0. The Morgan fingerprint density at radius 1 is 1.31 bits per heavy atom. The highest BCUT2D eigenvalue weighted by Gasteiger charge is 2.39. The molecule has 1 fully saturated rings. The third-order valence-corrected chi connectivity index (χ3v) is 4.24. The smallest absolute Gasteiger partial charge is 0.0846 e. The minimum absolute atomic E-state index is 0.147. The summed E-state index contributed by atoms with van der Waals surface area (Å²) in [4.78, 5) is 0. The van der Waals surface area contributed by atoms with Crippen LogP contribution in [0.5, 0.6) is 0 Å². The number of benzene rings is 1. The zero-order valence-electron chi connectivity index (χ0n) is 10.4. The summed E-state index contributed by atoms with van der Waals surface area (Å²) in [6.45, 7) is 4.30. The second-order valence-corrected chi connectivity index (χ2v) is 5.24. The van der Waals surface area contributed by atoms with Gasteiger partial charge in [0.05, 0.1) is 6.10 Å². The van der Waals surface area contributed by atoms with Crippen LogP contribution < -0.4 is 0 Å². The molecule has 1 unspecified atom stereocenters. The number of aliphatic hydroxyl groups excluding tert-OH is 1. The monoisotopic (exact) mass is 218 g/mol. The highest BCUT2D eigenvalue weighted by molar-refractivity contribution is 5.25. The van der Waals surface area contributed by atoms with Gasteiger partial charge in [0.15, 0.2) is 0 Å². The van der Waals surface area contributed by atoms with Crippen molar-refractivity contribution in [1.82, 2.24) is 0 Å². The van der Waals surface area contributed by atoms with Crippen LogP contribution in [0.3, 0.4) is 0 Å². The average molecular weight is 218 g/mol. The number of aliphatic hydroxyl groups is 1. The SMILES string of the molecule is CCC1(C(O)c2cccc(C)c2)CCCC1. The molecular formula is C15H22O. The third kappa shape index (κ3) is 2.01. The second kappa shape index (κ2) is 4.58. The van der Waals surface area contributed by atoms with Gasteiger partial charge in [-0.05, 0) is 31.7 Å². The van der Waals surface area contributed by atoms with Crippen LogP contribution in [0.4, 0.5) is 0 Å². The van der Waals surface area contributed by atoms with E-state index in [9.17, 15) is 5.11 Å². The van der Waals surface area contributed by atoms with Crippen LogP contribution in [0.25, 0.3) is 0 Å². The lowest BCUT2D eigenvalue weighted by Crippen LogP contribution is -2.25. The van der Waals surface area contributed by atoms with Crippen molar-refractivity contribution in [2.45, 2.75) is 52.1 Å². The molecule has 0 saturated heterocycles. The Morgan fingerprint density at radius 3 is 2.56 bits per heavy atom. The number of rotatable bonds is 3. The maximum absolute atomic E-state index is 10.6. The fraction of sp³-hybridized carbons (Fsp3) is 0.600. The molecule has 2 rings (SSSR count). The molecule has 0 heterocycles. The molecule has 1 nitrogen and oxygen atoms in total. The van der Waals surface area contributed by atoms with Gasteiger partial charge < -0.3 is 5.11 Å². The van der Waals surface area contributed by atoms with Crippen molar-refractivity contribution in [3.05, 3.63) is 35.4 Å². The first-order chi connectivity index (χ1) is 7.68. The van der Waals surface area contributed by atoms with Gasteiger partial charge >= 0.3 is 0 Å². The Morgan fingerprint density at radius 2 is 2.00 bits per heavy atom. The summed E-state index contributed by atoms with van der Waals surface area (Å²) in [5.41, 5.74) is 2.48. The van der Waals surface area contributed by atoms with Gasteiger partial charge in [-0.1, -0.05) is 49.6 Å². The fourth-order valence-electron chi connectivity index (χ4n) is 3.09. The fourth-order valence-corrected chi connectivity index (χ4v) is 3.09. The minimum atomic E-state index is -0.278. The average Bonchev–Trinajstić information content (AvgIpc) is 2.78. The predicted molar refractivity (Wildman–Crippen MR) is 67.3 cm³/mol. The lowest BCUT2D eigenvalue weighted by molar-refractivity contribution is 0.0237. The molecule has 1 aromatic carbocycles. The summed E-state index contributed by atoms with van der Waals surface area (Å²) in [5, 5.41) is 10.6. The predicted octanol–water partition coefficient (Wildman–Crippen LogP) is 4.00. The van der Waals surface area contributed by atoms with Crippen LogP contribution in [0.15, 0.2) is 24.3 Å². The third-order valence-electron chi connectivity index (χ3n) is 4.24. The van der Waals surface area contributed by atoms with Crippen molar-refractivity contribution >= 4 is 0 Å². The van der Waals surface area contributed by atoms with Gasteiger partial charge in [-0.15, -0.1) is 0 Å². The van der Waals surface area contributed by atoms with Crippen LogP contribution in [0.1, 0.15) is 56.3 Å². The number of aryl methyl sites for hydroxylation is 1. The van der Waals surface area contributed by atoms with Crippen molar-refractivity contribution in [3.63, 3.8) is 0 Å². The second-order valence-electron chi connectivity index (χ2n) is 5.24. The van der Waals surface area contributed by atoms with E-state index in [1.54, 1.807) is 0 Å². The highest BCUT2D eigenvalue weighted by Crippen LogP contribution is 2.49. The normalized spacial score (nSPS) is 20.9. The number of hydrogen-bond acceptors (Lipinski definition) is 1. The van der Waals surface area contributed by atoms with Gasteiger partial charge in [-0.25, -0.2) is 0 Å². The summed E-state index contributed by atoms with van der Waals surface area (Å²) in [5.74, 6) is 0. The Labute approximate surface area is 98.5 Å². The molecule has 16 heavy (non-hydrogen) atoms. The van der Waals surface area contributed by atoms with Crippen LogP contribution >= 0.6 is 0 Å². The molecule has 0 aliphatic heterocycles. The van der Waals surface area contributed by atoms with Crippen molar-refractivity contribution in [2.24, 2.45) is 5.41 Å². The molecule has 0 radical (unpaired) electrons. The Hall–Kier alpha value is -0.820. The standard InChI is InChI=1S/C15H22O/c1-3-15(9-4-5-10-15)14(16)13-8-6-7-12(2)11-13/h6-8,11,14,16H,3-5,9-10H2,1-2H3. The van der Waals surface area contributed by atoms with E-state index < -0.39 is 0 Å². The first-order valence-corrected chi connectivity index (χ1v) is 6.42. The topological polar surface area (TPSA) is 20.2 Å². The molecule has 1 atom stereocenters. The molecule has 1 aromatic rings. The van der Waals surface area contributed by atoms with Crippen LogP contribution in [0.2, 0.25) is 0 Å². The van der Waals surface area contributed by atoms with E-state index in [1.165, 1.54) is 31.2 Å². The van der Waals surface area contributed by atoms with Crippen molar-refractivity contribution in [2.75, 3.05) is 0 Å². The molecule has 0 bridgehead atoms. The van der Waals surface area contributed by atoms with E-state index in [-0.39, 0.29) is 11.5 Å². The van der Waals surface area contributed by atoms with E-state index in [2.05, 4.69) is 32.0 Å². The Balaban J connectivity index is 2.26. The van der Waals surface area contributed by atoms with Gasteiger partial charge in [0.2, 0.25) is 0 Å². The maximum Gasteiger partial charge on any atom is 0.0846 e. The van der Waals surface area contributed by atoms with Gasteiger partial charge in [0, 0.05) is 5.41 Å². The summed E-state index contributed by atoms with van der Waals surface area (Å²) < 4.78 is 0.